The van der Waals surface area contributed by atoms with Gasteiger partial charge in [0, 0.05) is 51.6 Å². The molecule has 608 valence electrons. The fourth-order valence-corrected chi connectivity index (χ4v) is 31.4. The summed E-state index contributed by atoms with van der Waals surface area (Å²) in [6.45, 7) is 51.0. The van der Waals surface area contributed by atoms with Crippen molar-refractivity contribution in [3.8, 4) is 0 Å². The van der Waals surface area contributed by atoms with Crippen LogP contribution in [0, 0.1) is 11.8 Å². The lowest BCUT2D eigenvalue weighted by atomic mass is 9.81. The number of carbonyl (C=O) groups excluding carboxylic acids is 2. The number of nitrogens with zero attached hydrogens (tertiary/aromatic N) is 1. The van der Waals surface area contributed by atoms with E-state index in [1.807, 2.05) is 46.8 Å². The Morgan fingerprint density at radius 2 is 1.19 bits per heavy atom. The first-order valence-corrected chi connectivity index (χ1v) is 47.9. The van der Waals surface area contributed by atoms with Gasteiger partial charge >= 0.3 is 6.09 Å². The summed E-state index contributed by atoms with van der Waals surface area (Å²) in [5, 5.41) is 3.76. The van der Waals surface area contributed by atoms with Crippen LogP contribution in [0.15, 0.2) is 183 Å². The third-order valence-corrected chi connectivity index (χ3v) is 39.7. The average Bonchev–Trinajstić information content (AvgIpc) is 1.67. The molecule has 11 rings (SSSR count). The third-order valence-electron chi connectivity index (χ3n) is 25.0. The van der Waals surface area contributed by atoms with E-state index in [9.17, 15) is 4.79 Å². The van der Waals surface area contributed by atoms with Crippen molar-refractivity contribution in [1.29, 1.82) is 0 Å². The SMILES string of the molecule is C=CCOCC=C[C@H]1CC(=C)[C@H](CC[C@H]2C[C@@H](C)C(=C)[C@@H](C[C@@H]3O[C@H](C[C@H]4CN(C(=O)OC(C)(C)C)C(C)(C)O4)[C@H](OC)[C@H]3CC(=O)C[C@H]3CC[C@@H]4O[C@@H]5[C@@H](O[C@H](CC(C=C)O[Si](CC)(CC)CC)[C@@H]5O[Si](c5ccccc5)(c5ccccc5)C(C)(C)C)[C@@H](O[Si](c5ccccc5)(c5ccccc5)C(C)(C)C)[C@H]4O3)O2)O1. The number of fused-ring (bicyclic) bond motifs is 2. The van der Waals surface area contributed by atoms with Crippen LogP contribution < -0.4 is 20.7 Å². The van der Waals surface area contributed by atoms with Gasteiger partial charge < -0.3 is 60.6 Å². The van der Waals surface area contributed by atoms with Crippen molar-refractivity contribution in [2.24, 2.45) is 11.8 Å². The van der Waals surface area contributed by atoms with Crippen molar-refractivity contribution in [1.82, 2.24) is 4.90 Å². The quantitative estimate of drug-likeness (QED) is 0.0252. The van der Waals surface area contributed by atoms with E-state index in [0.717, 1.165) is 75.7 Å². The number of hydrogen-bond acceptors (Lipinski definition) is 15. The van der Waals surface area contributed by atoms with Gasteiger partial charge in [0.05, 0.1) is 93.0 Å². The lowest BCUT2D eigenvalue weighted by Crippen LogP contribution is -2.73. The fraction of sp³-hybridized carbons (Fsp3) is 0.609. The molecule has 7 aliphatic heterocycles. The zero-order valence-corrected chi connectivity index (χ0v) is 72.7. The molecule has 7 aliphatic rings. The second-order valence-corrected chi connectivity index (χ2v) is 49.3. The maximum Gasteiger partial charge on any atom is 0.412 e. The summed E-state index contributed by atoms with van der Waals surface area (Å²) in [5.41, 5.74) is 0.436. The summed E-state index contributed by atoms with van der Waals surface area (Å²) in [5.74, 6) is -0.186. The van der Waals surface area contributed by atoms with Crippen molar-refractivity contribution in [2.75, 3.05) is 26.9 Å². The zero-order valence-electron chi connectivity index (χ0n) is 69.7. The molecular formula is C92H133NO15Si3. The van der Waals surface area contributed by atoms with Crippen LogP contribution in [0.3, 0.4) is 0 Å². The minimum absolute atomic E-state index is 0.0364. The number of Topliss-reactive ketones (excluding diaryl/α,β-unsaturated/α-hetero) is 1. The number of carbonyl (C=O) groups is 2. The Kier molecular flexibility index (Phi) is 28.8. The highest BCUT2D eigenvalue weighted by Crippen LogP contribution is 2.50. The van der Waals surface area contributed by atoms with Crippen LogP contribution in [0.25, 0.3) is 0 Å². The fourth-order valence-electron chi connectivity index (χ4n) is 19.2. The molecule has 19 heteroatoms. The standard InChI is InChI=1S/C92H133NO15Si3/c1-21-52-97-53-38-39-67-55-63(7)76(98-67)50-48-68-54-62(6)64(8)78(99-68)60-79-75(82(96-20)80(101-79)59-70-61-93(92(18,19)104-70)88(95)105-89(9,10)11)57-65(94)56-69-49-51-77-83(100-69)87(108-111(91(15,16)17,73-44-34-28-35-45-73)74-46-36-29-37-47-74)86-85(102-77)84(81(103-86)58-66(22-2)106-109(23-3,24-4)25-5)107-110(90(12,13)14,71-40-30-26-31-41-71)72-42-32-27-33-43-72/h21-22,26-47,62,66-70,75-87H,1-2,7-8,23-25,48-61H2,3-6,9-20H3/t62-,66?,67+,68+,69-,70+,75+,76+,77+,78-,79+,80-,81-,82-,83+,84+,85+,86-,87+/m1/s1. The van der Waals surface area contributed by atoms with Crippen molar-refractivity contribution in [3.63, 3.8) is 0 Å². The smallest absolute Gasteiger partial charge is 0.412 e. The van der Waals surface area contributed by atoms with Crippen LogP contribution in [-0.4, -0.2) is 184 Å². The Labute approximate surface area is 668 Å². The molecule has 19 atom stereocenters. The molecule has 0 spiro atoms. The highest BCUT2D eigenvalue weighted by atomic mass is 28.4. The molecule has 16 nitrogen and oxygen atoms in total. The van der Waals surface area contributed by atoms with E-state index in [0.29, 0.717) is 51.9 Å². The Morgan fingerprint density at radius 3 is 1.72 bits per heavy atom. The number of ketones is 1. The van der Waals surface area contributed by atoms with E-state index in [1.54, 1.807) is 18.1 Å². The summed E-state index contributed by atoms with van der Waals surface area (Å²) in [7, 11) is -7.25. The Morgan fingerprint density at radius 1 is 0.622 bits per heavy atom. The van der Waals surface area contributed by atoms with Gasteiger partial charge in [-0.2, -0.15) is 0 Å². The highest BCUT2D eigenvalue weighted by molar-refractivity contribution is 7.00. The van der Waals surface area contributed by atoms with E-state index in [-0.39, 0.29) is 66.0 Å². The third kappa shape index (κ3) is 19.5. The molecule has 4 aromatic rings. The molecule has 0 aliphatic carbocycles. The summed E-state index contributed by atoms with van der Waals surface area (Å²) >= 11 is 0. The first-order chi connectivity index (χ1) is 52.8. The highest BCUT2D eigenvalue weighted by Gasteiger charge is 2.65. The molecule has 111 heavy (non-hydrogen) atoms. The summed E-state index contributed by atoms with van der Waals surface area (Å²) in [4.78, 5) is 31.2. The largest absolute Gasteiger partial charge is 0.444 e. The zero-order chi connectivity index (χ0) is 79.8. The summed E-state index contributed by atoms with van der Waals surface area (Å²) in [6.07, 6.45) is 5.73. The van der Waals surface area contributed by atoms with Crippen molar-refractivity contribution in [2.45, 2.75) is 318 Å². The first kappa shape index (κ1) is 86.5. The van der Waals surface area contributed by atoms with Gasteiger partial charge in [0.2, 0.25) is 0 Å². The molecule has 0 N–H and O–H groups in total. The number of hydrogen-bond donors (Lipinski definition) is 0. The minimum atomic E-state index is -3.43. The van der Waals surface area contributed by atoms with E-state index < -0.39 is 121 Å². The Hall–Kier alpha value is -5.31. The molecule has 7 saturated heterocycles. The normalized spacial score (nSPS) is 30.3. The van der Waals surface area contributed by atoms with Crippen LogP contribution in [0.2, 0.25) is 28.2 Å². The van der Waals surface area contributed by atoms with Crippen molar-refractivity contribution in [3.05, 3.63) is 183 Å². The minimum Gasteiger partial charge on any atom is -0.444 e. The maximum atomic E-state index is 15.8. The van der Waals surface area contributed by atoms with E-state index >= 15 is 4.79 Å². The predicted octanol–water partition coefficient (Wildman–Crippen LogP) is 16.4. The Bertz CT molecular complexity index is 3660. The van der Waals surface area contributed by atoms with Gasteiger partial charge in [-0.3, -0.25) is 9.69 Å². The van der Waals surface area contributed by atoms with E-state index in [1.165, 1.54) is 0 Å². The topological polar surface area (TPSA) is 157 Å². The van der Waals surface area contributed by atoms with Crippen LogP contribution in [-0.2, 0) is 65.4 Å². The van der Waals surface area contributed by atoms with E-state index in [4.69, 9.17) is 60.6 Å². The molecule has 7 heterocycles. The second-order valence-electron chi connectivity index (χ2n) is 36.0. The van der Waals surface area contributed by atoms with Crippen molar-refractivity contribution >= 4 is 57.6 Å². The molecule has 0 aromatic heterocycles. The molecule has 0 bridgehead atoms. The number of ether oxygens (including phenoxy) is 10. The molecular weight excluding hydrogens is 1440 g/mol. The molecule has 1 unspecified atom stereocenters. The number of amides is 1. The Balaban J connectivity index is 0.928. The van der Waals surface area contributed by atoms with Gasteiger partial charge in [0.25, 0.3) is 16.6 Å². The van der Waals surface area contributed by atoms with Gasteiger partial charge in [-0.05, 0) is 133 Å². The molecule has 0 saturated carbocycles. The number of methoxy groups -OCH3 is 1. The van der Waals surface area contributed by atoms with Crippen LogP contribution in [0.4, 0.5) is 4.79 Å². The number of benzene rings is 4. The molecule has 7 fully saturated rings. The van der Waals surface area contributed by atoms with Crippen molar-refractivity contribution < 1.29 is 70.2 Å². The van der Waals surface area contributed by atoms with Gasteiger partial charge in [-0.15, -0.1) is 13.2 Å². The van der Waals surface area contributed by atoms with Gasteiger partial charge in [0.1, 0.15) is 47.6 Å². The van der Waals surface area contributed by atoms with Crippen LogP contribution >= 0.6 is 0 Å². The molecule has 4 aromatic carbocycles. The first-order valence-electron chi connectivity index (χ1n) is 41.6. The number of rotatable bonds is 33. The van der Waals surface area contributed by atoms with Crippen LogP contribution in [0.1, 0.15) is 174 Å². The monoisotopic (exact) mass is 1580 g/mol. The lowest BCUT2D eigenvalue weighted by molar-refractivity contribution is -0.254. The van der Waals surface area contributed by atoms with Crippen LogP contribution in [0.5, 0.6) is 0 Å². The van der Waals surface area contributed by atoms with Gasteiger partial charge in [0.15, 0.2) is 8.32 Å². The average molecular weight is 1580 g/mol. The van der Waals surface area contributed by atoms with Gasteiger partial charge in [-0.25, -0.2) is 4.79 Å². The predicted molar refractivity (Wildman–Crippen MR) is 449 cm³/mol. The summed E-state index contributed by atoms with van der Waals surface area (Å²) in [6, 6.07) is 46.3. The lowest BCUT2D eigenvalue weighted by Gasteiger charge is -2.53. The molecule has 1 amide bonds. The van der Waals surface area contributed by atoms with E-state index in [2.05, 4.69) is 223 Å². The summed E-state index contributed by atoms with van der Waals surface area (Å²) < 4.78 is 93.7. The molecule has 0 radical (unpaired) electrons. The second kappa shape index (κ2) is 36.9. The van der Waals surface area contributed by atoms with Gasteiger partial charge in [-0.1, -0.05) is 228 Å². The maximum absolute atomic E-state index is 15.8.